The fourth-order valence-corrected chi connectivity index (χ4v) is 0.893. The van der Waals surface area contributed by atoms with Gasteiger partial charge in [-0.15, -0.1) is 12.6 Å². The second kappa shape index (κ2) is 3.24. The average Bonchev–Trinajstić information content (AvgIpc) is 2.04. The lowest BCUT2D eigenvalue weighted by atomic mass is 10.2. The quantitative estimate of drug-likeness (QED) is 0.631. The molecule has 0 bridgehead atoms. The Balaban J connectivity index is 3.34. The first-order valence-corrected chi connectivity index (χ1v) is 3.42. The first-order valence-electron chi connectivity index (χ1n) is 2.97. The van der Waals surface area contributed by atoms with Crippen molar-refractivity contribution in [2.24, 2.45) is 0 Å². The maximum Gasteiger partial charge on any atom is 0.338 e. The van der Waals surface area contributed by atoms with Gasteiger partial charge in [0.2, 0.25) is 0 Å². The zero-order valence-electron chi connectivity index (χ0n) is 5.85. The minimum atomic E-state index is -1.17. The van der Waals surface area contributed by atoms with Crippen molar-refractivity contribution in [3.8, 4) is 6.07 Å². The molecule has 12 heavy (non-hydrogen) atoms. The Morgan fingerprint density at radius 3 is 2.92 bits per heavy atom. The smallest absolute Gasteiger partial charge is 0.338 e. The number of carboxylic acid groups (broad SMARTS) is 1. The third kappa shape index (κ3) is 1.54. The highest BCUT2D eigenvalue weighted by molar-refractivity contribution is 7.80. The molecule has 60 valence electrons. The van der Waals surface area contributed by atoms with E-state index < -0.39 is 5.97 Å². The number of rotatable bonds is 1. The van der Waals surface area contributed by atoms with Crippen LogP contribution in [0.1, 0.15) is 16.1 Å². The van der Waals surface area contributed by atoms with Gasteiger partial charge in [-0.3, -0.25) is 0 Å². The van der Waals surface area contributed by atoms with E-state index in [2.05, 4.69) is 17.6 Å². The zero-order valence-corrected chi connectivity index (χ0v) is 6.75. The van der Waals surface area contributed by atoms with Crippen molar-refractivity contribution in [1.82, 2.24) is 4.98 Å². The number of nitrogens with zero attached hydrogens (tertiary/aromatic N) is 2. The first-order chi connectivity index (χ1) is 5.65. The number of carboxylic acids is 1. The highest BCUT2D eigenvalue weighted by Crippen LogP contribution is 2.10. The van der Waals surface area contributed by atoms with E-state index in [0.717, 1.165) is 0 Å². The largest absolute Gasteiger partial charge is 0.478 e. The van der Waals surface area contributed by atoms with E-state index in [1.807, 2.05) is 0 Å². The van der Waals surface area contributed by atoms with Crippen LogP contribution in [-0.4, -0.2) is 16.1 Å². The lowest BCUT2D eigenvalue weighted by Gasteiger charge is -1.96. The summed E-state index contributed by atoms with van der Waals surface area (Å²) in [5.41, 5.74) is -0.217. The Kier molecular flexibility index (Phi) is 2.31. The van der Waals surface area contributed by atoms with Crippen LogP contribution in [-0.2, 0) is 0 Å². The second-order valence-corrected chi connectivity index (χ2v) is 2.52. The van der Waals surface area contributed by atoms with Gasteiger partial charge in [0, 0.05) is 11.1 Å². The van der Waals surface area contributed by atoms with Gasteiger partial charge in [-0.05, 0) is 6.07 Å². The summed E-state index contributed by atoms with van der Waals surface area (Å²) >= 11 is 3.90. The SMILES string of the molecule is N#Cc1ncc(S)cc1C(=O)O. The zero-order chi connectivity index (χ0) is 9.14. The molecule has 0 spiro atoms. The summed E-state index contributed by atoms with van der Waals surface area (Å²) in [5.74, 6) is -1.17. The Bertz CT molecular complexity index is 370. The van der Waals surface area contributed by atoms with Crippen molar-refractivity contribution in [3.63, 3.8) is 0 Å². The number of aromatic nitrogens is 1. The Morgan fingerprint density at radius 2 is 2.42 bits per heavy atom. The van der Waals surface area contributed by atoms with E-state index in [-0.39, 0.29) is 11.3 Å². The van der Waals surface area contributed by atoms with Crippen LogP contribution in [0.4, 0.5) is 0 Å². The van der Waals surface area contributed by atoms with Crippen LogP contribution >= 0.6 is 12.6 Å². The van der Waals surface area contributed by atoms with E-state index in [0.29, 0.717) is 4.90 Å². The Labute approximate surface area is 73.9 Å². The van der Waals surface area contributed by atoms with Gasteiger partial charge in [-0.25, -0.2) is 9.78 Å². The lowest BCUT2D eigenvalue weighted by molar-refractivity contribution is 0.0695. The number of aromatic carboxylic acids is 1. The molecule has 1 aromatic heterocycles. The molecule has 1 heterocycles. The molecule has 0 aliphatic rings. The van der Waals surface area contributed by atoms with Gasteiger partial charge in [0.1, 0.15) is 6.07 Å². The van der Waals surface area contributed by atoms with Gasteiger partial charge < -0.3 is 5.11 Å². The van der Waals surface area contributed by atoms with Crippen molar-refractivity contribution < 1.29 is 9.90 Å². The third-order valence-corrected chi connectivity index (χ3v) is 1.45. The molecule has 1 N–H and O–H groups in total. The molecule has 0 saturated heterocycles. The van der Waals surface area contributed by atoms with Gasteiger partial charge >= 0.3 is 5.97 Å². The predicted octanol–water partition coefficient (Wildman–Crippen LogP) is 0.940. The Morgan fingerprint density at radius 1 is 1.75 bits per heavy atom. The van der Waals surface area contributed by atoms with Crippen LogP contribution in [0.25, 0.3) is 0 Å². The summed E-state index contributed by atoms with van der Waals surface area (Å²) < 4.78 is 0. The third-order valence-electron chi connectivity index (χ3n) is 1.21. The van der Waals surface area contributed by atoms with E-state index in [4.69, 9.17) is 10.4 Å². The molecule has 0 aliphatic carbocycles. The standard InChI is InChI=1S/C7H4N2O2S/c8-2-6-5(7(10)11)1-4(12)3-9-6/h1,3,12H,(H,10,11). The van der Waals surface area contributed by atoms with Gasteiger partial charge in [0.05, 0.1) is 5.56 Å². The van der Waals surface area contributed by atoms with Crippen LogP contribution in [0.2, 0.25) is 0 Å². The van der Waals surface area contributed by atoms with E-state index in [9.17, 15) is 4.79 Å². The summed E-state index contributed by atoms with van der Waals surface area (Å²) in [5, 5.41) is 17.1. The topological polar surface area (TPSA) is 74.0 Å². The summed E-state index contributed by atoms with van der Waals surface area (Å²) in [6.45, 7) is 0. The van der Waals surface area contributed by atoms with Crippen molar-refractivity contribution in [2.45, 2.75) is 4.90 Å². The van der Waals surface area contributed by atoms with Crippen molar-refractivity contribution in [2.75, 3.05) is 0 Å². The lowest BCUT2D eigenvalue weighted by Crippen LogP contribution is -2.01. The summed E-state index contributed by atoms with van der Waals surface area (Å²) in [6, 6.07) is 2.97. The highest BCUT2D eigenvalue weighted by Gasteiger charge is 2.10. The van der Waals surface area contributed by atoms with E-state index >= 15 is 0 Å². The number of carbonyl (C=O) groups is 1. The first kappa shape index (κ1) is 8.56. The molecule has 1 aromatic rings. The molecule has 5 heteroatoms. The predicted molar refractivity (Wildman–Crippen MR) is 43.2 cm³/mol. The van der Waals surface area contributed by atoms with Crippen LogP contribution < -0.4 is 0 Å². The maximum atomic E-state index is 10.5. The monoisotopic (exact) mass is 180 g/mol. The molecule has 0 radical (unpaired) electrons. The minimum absolute atomic E-state index is 0.0969. The molecule has 0 fully saturated rings. The van der Waals surface area contributed by atoms with Gasteiger partial charge in [0.25, 0.3) is 0 Å². The van der Waals surface area contributed by atoms with Gasteiger partial charge in [-0.2, -0.15) is 5.26 Å². The van der Waals surface area contributed by atoms with Crippen LogP contribution in [0, 0.1) is 11.3 Å². The molecule has 0 amide bonds. The van der Waals surface area contributed by atoms with Gasteiger partial charge in [-0.1, -0.05) is 0 Å². The second-order valence-electron chi connectivity index (χ2n) is 2.01. The maximum absolute atomic E-state index is 10.5. The number of hydrogen-bond acceptors (Lipinski definition) is 4. The number of pyridine rings is 1. The molecule has 0 aliphatic heterocycles. The normalized spacial score (nSPS) is 9.00. The van der Waals surface area contributed by atoms with Crippen molar-refractivity contribution in [1.29, 1.82) is 5.26 Å². The number of hydrogen-bond donors (Lipinski definition) is 2. The number of nitriles is 1. The molecular formula is C7H4N2O2S. The van der Waals surface area contributed by atoms with Crippen molar-refractivity contribution >= 4 is 18.6 Å². The van der Waals surface area contributed by atoms with Crippen LogP contribution in [0.3, 0.4) is 0 Å². The molecule has 0 aromatic carbocycles. The number of thiol groups is 1. The highest BCUT2D eigenvalue weighted by atomic mass is 32.1. The summed E-state index contributed by atoms with van der Waals surface area (Å²) in [7, 11) is 0. The van der Waals surface area contributed by atoms with E-state index in [1.165, 1.54) is 12.3 Å². The fourth-order valence-electron chi connectivity index (χ4n) is 0.706. The molecule has 1 rings (SSSR count). The fraction of sp³-hybridized carbons (Fsp3) is 0. The molecule has 0 atom stereocenters. The molecule has 0 unspecified atom stereocenters. The van der Waals surface area contributed by atoms with E-state index in [1.54, 1.807) is 6.07 Å². The average molecular weight is 180 g/mol. The minimum Gasteiger partial charge on any atom is -0.478 e. The summed E-state index contributed by atoms with van der Waals surface area (Å²) in [4.78, 5) is 14.5. The molecular weight excluding hydrogens is 176 g/mol. The van der Waals surface area contributed by atoms with Gasteiger partial charge in [0.15, 0.2) is 5.69 Å². The van der Waals surface area contributed by atoms with Crippen LogP contribution in [0.5, 0.6) is 0 Å². The summed E-state index contributed by atoms with van der Waals surface area (Å²) in [6.07, 6.45) is 1.33. The Hall–Kier alpha value is -1.54. The molecule has 0 saturated carbocycles. The van der Waals surface area contributed by atoms with Crippen LogP contribution in [0.15, 0.2) is 17.2 Å². The molecule has 4 nitrogen and oxygen atoms in total. The van der Waals surface area contributed by atoms with Crippen molar-refractivity contribution in [3.05, 3.63) is 23.5 Å².